The second kappa shape index (κ2) is 6.27. The van der Waals surface area contributed by atoms with E-state index in [1.807, 2.05) is 0 Å². The maximum atomic E-state index is 5.67. The summed E-state index contributed by atoms with van der Waals surface area (Å²) in [6.07, 6.45) is 1.51. The molecule has 7 heteroatoms. The molecular weight excluding hydrogens is 278 g/mol. The van der Waals surface area contributed by atoms with Crippen LogP contribution in [0.2, 0.25) is 0 Å². The standard InChI is InChI=1S/C7H9ClN5.Y/c1-4-5-10-6(9-2)12-7(11-5)13(3)8;/h4H,1H2,2-3H3;/q-1;. The Balaban J connectivity index is 0.00000169. The van der Waals surface area contributed by atoms with Crippen LogP contribution in [0.25, 0.3) is 11.4 Å². The van der Waals surface area contributed by atoms with Crippen LogP contribution in [0, 0.1) is 0 Å². The molecule has 1 radical (unpaired) electrons. The number of nitrogens with zero attached hydrogens (tertiary/aromatic N) is 5. The Kier molecular flexibility index (Phi) is 6.15. The number of halogens is 1. The van der Waals surface area contributed by atoms with E-state index >= 15 is 0 Å². The average Bonchev–Trinajstić information content (AvgIpc) is 2.16. The average molecular weight is 288 g/mol. The van der Waals surface area contributed by atoms with E-state index in [1.54, 1.807) is 14.1 Å². The Morgan fingerprint density at radius 2 is 2.07 bits per heavy atom. The summed E-state index contributed by atoms with van der Waals surface area (Å²) >= 11 is 5.67. The Morgan fingerprint density at radius 3 is 2.50 bits per heavy atom. The molecule has 0 bridgehead atoms. The maximum absolute atomic E-state index is 5.67. The second-order valence-corrected chi connectivity index (χ2v) is 2.71. The van der Waals surface area contributed by atoms with Crippen LogP contribution in [0.1, 0.15) is 5.82 Å². The van der Waals surface area contributed by atoms with Gasteiger partial charge >= 0.3 is 0 Å². The molecule has 1 rings (SSSR count). The van der Waals surface area contributed by atoms with Crippen LogP contribution < -0.4 is 4.42 Å². The molecule has 1 aromatic rings. The largest absolute Gasteiger partial charge is 0.397 e. The maximum Gasteiger partial charge on any atom is 0.168 e. The molecule has 5 nitrogen and oxygen atoms in total. The van der Waals surface area contributed by atoms with Crippen molar-refractivity contribution in [3.8, 4) is 0 Å². The van der Waals surface area contributed by atoms with Crippen molar-refractivity contribution in [3.05, 3.63) is 17.7 Å². The van der Waals surface area contributed by atoms with E-state index in [0.717, 1.165) is 0 Å². The quantitative estimate of drug-likeness (QED) is 0.795. The molecule has 0 fully saturated rings. The molecule has 0 aliphatic rings. The zero-order valence-corrected chi connectivity index (χ0v) is 11.6. The molecule has 0 saturated heterocycles. The van der Waals surface area contributed by atoms with Crippen molar-refractivity contribution in [1.29, 1.82) is 0 Å². The third-order valence-corrected chi connectivity index (χ3v) is 1.44. The zero-order chi connectivity index (χ0) is 9.84. The molecule has 14 heavy (non-hydrogen) atoms. The SMILES string of the molecule is C=Cc1nc([N-]C)nc(N(C)Cl)n1.[Y]. The Bertz CT molecular complexity index is 317. The van der Waals surface area contributed by atoms with Gasteiger partial charge in [0.2, 0.25) is 0 Å². The summed E-state index contributed by atoms with van der Waals surface area (Å²) < 4.78 is 1.27. The van der Waals surface area contributed by atoms with Crippen molar-refractivity contribution < 1.29 is 32.7 Å². The van der Waals surface area contributed by atoms with Crippen molar-refractivity contribution in [2.75, 3.05) is 18.5 Å². The topological polar surface area (TPSA) is 56.0 Å². The van der Waals surface area contributed by atoms with Crippen LogP contribution in [0.15, 0.2) is 6.58 Å². The third-order valence-electron chi connectivity index (χ3n) is 1.29. The van der Waals surface area contributed by atoms with Crippen LogP contribution in [-0.4, -0.2) is 29.0 Å². The van der Waals surface area contributed by atoms with E-state index in [4.69, 9.17) is 11.8 Å². The van der Waals surface area contributed by atoms with Crippen LogP contribution in [0.4, 0.5) is 11.9 Å². The molecule has 73 valence electrons. The molecule has 0 N–H and O–H groups in total. The van der Waals surface area contributed by atoms with Gasteiger partial charge in [-0.05, 0) is 13.1 Å². The number of rotatable bonds is 3. The van der Waals surface area contributed by atoms with Gasteiger partial charge < -0.3 is 15.3 Å². The molecule has 0 spiro atoms. The third kappa shape index (κ3) is 3.48. The van der Waals surface area contributed by atoms with E-state index in [2.05, 4.69) is 26.8 Å². The number of hydrogen-bond donors (Lipinski definition) is 0. The summed E-state index contributed by atoms with van der Waals surface area (Å²) in [6, 6.07) is 0. The summed E-state index contributed by atoms with van der Waals surface area (Å²) in [5.74, 6) is 1.15. The summed E-state index contributed by atoms with van der Waals surface area (Å²) in [5, 5.41) is 3.83. The first-order valence-electron chi connectivity index (χ1n) is 3.55. The van der Waals surface area contributed by atoms with Crippen LogP contribution >= 0.6 is 11.8 Å². The van der Waals surface area contributed by atoms with Crippen molar-refractivity contribution >= 4 is 29.7 Å². The summed E-state index contributed by atoms with van der Waals surface area (Å²) in [4.78, 5) is 11.9. The van der Waals surface area contributed by atoms with Gasteiger partial charge in [0.15, 0.2) is 5.95 Å². The molecule has 0 saturated carbocycles. The van der Waals surface area contributed by atoms with Crippen LogP contribution in [-0.2, 0) is 32.7 Å². The smallest absolute Gasteiger partial charge is 0.168 e. The Labute approximate surface area is 113 Å². The van der Waals surface area contributed by atoms with Crippen molar-refractivity contribution in [1.82, 2.24) is 15.0 Å². The van der Waals surface area contributed by atoms with E-state index in [9.17, 15) is 0 Å². The monoisotopic (exact) mass is 287 g/mol. The van der Waals surface area contributed by atoms with Gasteiger partial charge in [-0.15, -0.1) is 0 Å². The first kappa shape index (κ1) is 13.7. The summed E-state index contributed by atoms with van der Waals surface area (Å²) in [6.45, 7) is 3.55. The number of hydrogen-bond acceptors (Lipinski definition) is 4. The van der Waals surface area contributed by atoms with E-state index < -0.39 is 0 Å². The molecule has 0 aliphatic heterocycles. The van der Waals surface area contributed by atoms with E-state index in [1.165, 1.54) is 10.5 Å². The molecular formula is C7H9ClN5Y-. The second-order valence-electron chi connectivity index (χ2n) is 2.20. The van der Waals surface area contributed by atoms with Gasteiger partial charge in [0, 0.05) is 57.5 Å². The van der Waals surface area contributed by atoms with Crippen LogP contribution in [0.5, 0.6) is 0 Å². The minimum atomic E-state index is 0. The van der Waals surface area contributed by atoms with Gasteiger partial charge in [-0.3, -0.25) is 4.42 Å². The Hall–Kier alpha value is -0.256. The predicted octanol–water partition coefficient (Wildman–Crippen LogP) is 1.74. The number of aromatic nitrogens is 3. The first-order valence-corrected chi connectivity index (χ1v) is 3.89. The fourth-order valence-electron chi connectivity index (χ4n) is 0.698. The number of anilines is 1. The molecule has 0 aromatic carbocycles. The van der Waals surface area contributed by atoms with E-state index in [0.29, 0.717) is 17.7 Å². The molecule has 0 aliphatic carbocycles. The molecule has 0 atom stereocenters. The van der Waals surface area contributed by atoms with Crippen molar-refractivity contribution in [2.24, 2.45) is 0 Å². The minimum Gasteiger partial charge on any atom is -0.397 e. The summed E-state index contributed by atoms with van der Waals surface area (Å²) in [7, 11) is 3.23. The van der Waals surface area contributed by atoms with Gasteiger partial charge in [0.05, 0.1) is 5.82 Å². The predicted molar refractivity (Wildman–Crippen MR) is 53.1 cm³/mol. The normalized spacial score (nSPS) is 8.79. The summed E-state index contributed by atoms with van der Waals surface area (Å²) in [5.41, 5.74) is 0. The van der Waals surface area contributed by atoms with Gasteiger partial charge in [-0.2, -0.15) is 0 Å². The molecule has 0 unspecified atom stereocenters. The van der Waals surface area contributed by atoms with Gasteiger partial charge in [-0.25, -0.2) is 4.98 Å². The van der Waals surface area contributed by atoms with Crippen molar-refractivity contribution in [2.45, 2.75) is 0 Å². The minimum absolute atomic E-state index is 0. The zero-order valence-electron chi connectivity index (χ0n) is 7.98. The fraction of sp³-hybridized carbons (Fsp3) is 0.286. The van der Waals surface area contributed by atoms with Gasteiger partial charge in [-0.1, -0.05) is 6.58 Å². The van der Waals surface area contributed by atoms with Crippen LogP contribution in [0.3, 0.4) is 0 Å². The van der Waals surface area contributed by atoms with Gasteiger partial charge in [0.1, 0.15) is 0 Å². The molecule has 1 aromatic heterocycles. The first-order chi connectivity index (χ1) is 6.17. The van der Waals surface area contributed by atoms with E-state index in [-0.39, 0.29) is 32.7 Å². The molecule has 1 heterocycles. The van der Waals surface area contributed by atoms with Crippen molar-refractivity contribution in [3.63, 3.8) is 0 Å². The molecule has 0 amide bonds. The fourth-order valence-corrected chi connectivity index (χ4v) is 0.774. The Morgan fingerprint density at radius 1 is 1.43 bits per heavy atom. The van der Waals surface area contributed by atoms with Gasteiger partial charge in [0.25, 0.3) is 0 Å².